The third-order valence-corrected chi connectivity index (χ3v) is 8.44. The molecule has 0 aliphatic carbocycles. The molecule has 0 unspecified atom stereocenters. The number of aliphatic hydroxyl groups is 1. The van der Waals surface area contributed by atoms with E-state index >= 15 is 0 Å². The van der Waals surface area contributed by atoms with Crippen molar-refractivity contribution < 1.29 is 18.3 Å². The molecule has 10 nitrogen and oxygen atoms in total. The fourth-order valence-corrected chi connectivity index (χ4v) is 6.07. The summed E-state index contributed by atoms with van der Waals surface area (Å²) < 4.78 is 24.9. The van der Waals surface area contributed by atoms with Gasteiger partial charge in [-0.2, -0.15) is 5.10 Å². The summed E-state index contributed by atoms with van der Waals surface area (Å²) in [7, 11) is -2.91. The molecule has 36 heavy (non-hydrogen) atoms. The predicted molar refractivity (Wildman–Crippen MR) is 136 cm³/mol. The number of hydrogen-bond acceptors (Lipinski definition) is 8. The second-order valence-electron chi connectivity index (χ2n) is 9.19. The number of fused-ring (bicyclic) bond motifs is 3. The Bertz CT molecular complexity index is 1360. The minimum absolute atomic E-state index is 0.0607. The zero-order valence-corrected chi connectivity index (χ0v) is 20.8. The molecule has 1 atom stereocenters. The van der Waals surface area contributed by atoms with Gasteiger partial charge in [-0.1, -0.05) is 36.4 Å². The van der Waals surface area contributed by atoms with Crippen LogP contribution in [0.2, 0.25) is 0 Å². The van der Waals surface area contributed by atoms with E-state index in [2.05, 4.69) is 15.4 Å². The summed E-state index contributed by atoms with van der Waals surface area (Å²) in [6, 6.07) is 9.43. The van der Waals surface area contributed by atoms with E-state index in [1.54, 1.807) is 15.5 Å². The van der Waals surface area contributed by atoms with Crippen LogP contribution < -0.4 is 5.32 Å². The molecule has 4 heterocycles. The smallest absolute Gasteiger partial charge is 0.246 e. The van der Waals surface area contributed by atoms with Crippen LogP contribution in [-0.4, -0.2) is 88.1 Å². The standard InChI is InChI=1S/C25H30N6O4S/c32-17-22(19-5-2-1-3-6-19)28-25-24-21-8-10-30(15-20(21)16-31(24)27-18-26-25)23(33)7-4-9-29-11-13-36(34,35)14-12-29/h1-7,16,18,22,32H,8-15,17H2,(H,26,27,28)/b7-4+/t22-/m1/s1. The van der Waals surface area contributed by atoms with Gasteiger partial charge in [-0.3, -0.25) is 9.69 Å². The molecule has 1 fully saturated rings. The van der Waals surface area contributed by atoms with Gasteiger partial charge in [0.25, 0.3) is 0 Å². The summed E-state index contributed by atoms with van der Waals surface area (Å²) in [4.78, 5) is 21.1. The average molecular weight is 511 g/mol. The maximum Gasteiger partial charge on any atom is 0.246 e. The molecule has 0 radical (unpaired) electrons. The summed E-state index contributed by atoms with van der Waals surface area (Å²) >= 11 is 0. The summed E-state index contributed by atoms with van der Waals surface area (Å²) in [5, 5.41) is 17.7. The molecule has 1 amide bonds. The SMILES string of the molecule is O=C(/C=C/CN1CCS(=O)(=O)CC1)N1CCc2c(cn3ncnc(N[C@H](CO)c4ccccc4)c23)C1. The van der Waals surface area contributed by atoms with Crippen LogP contribution >= 0.6 is 0 Å². The molecule has 2 aliphatic rings. The Kier molecular flexibility index (Phi) is 7.04. The van der Waals surface area contributed by atoms with Gasteiger partial charge in [-0.15, -0.1) is 0 Å². The first-order chi connectivity index (χ1) is 17.4. The summed E-state index contributed by atoms with van der Waals surface area (Å²) in [5.74, 6) is 0.943. The van der Waals surface area contributed by atoms with Crippen LogP contribution in [0, 0.1) is 0 Å². The van der Waals surface area contributed by atoms with E-state index in [0.717, 1.165) is 22.2 Å². The van der Waals surface area contributed by atoms with Gasteiger partial charge in [0.15, 0.2) is 15.7 Å². The maximum atomic E-state index is 12.8. The highest BCUT2D eigenvalue weighted by molar-refractivity contribution is 7.91. The number of nitrogens with zero attached hydrogens (tertiary/aromatic N) is 5. The lowest BCUT2D eigenvalue weighted by atomic mass is 10.0. The minimum atomic E-state index is -2.91. The van der Waals surface area contributed by atoms with E-state index in [-0.39, 0.29) is 30.1 Å². The quantitative estimate of drug-likeness (QED) is 0.453. The van der Waals surface area contributed by atoms with Crippen molar-refractivity contribution in [1.82, 2.24) is 24.4 Å². The van der Waals surface area contributed by atoms with E-state index in [0.29, 0.717) is 45.0 Å². The van der Waals surface area contributed by atoms with Crippen LogP contribution in [0.1, 0.15) is 22.7 Å². The molecule has 1 aromatic carbocycles. The number of amides is 1. The molecule has 11 heteroatoms. The lowest BCUT2D eigenvalue weighted by Gasteiger charge is -2.27. The molecular weight excluding hydrogens is 480 g/mol. The van der Waals surface area contributed by atoms with Gasteiger partial charge in [0.2, 0.25) is 5.91 Å². The number of nitrogens with one attached hydrogen (secondary N) is 1. The molecule has 0 spiro atoms. The number of rotatable bonds is 7. The van der Waals surface area contributed by atoms with Gasteiger partial charge >= 0.3 is 0 Å². The number of hydrogen-bond donors (Lipinski definition) is 2. The Morgan fingerprint density at radius 3 is 2.69 bits per heavy atom. The maximum absolute atomic E-state index is 12.8. The zero-order chi connectivity index (χ0) is 25.1. The number of carbonyl (C=O) groups is 1. The van der Waals surface area contributed by atoms with Gasteiger partial charge in [0.1, 0.15) is 11.8 Å². The Labute approximate surface area is 210 Å². The topological polar surface area (TPSA) is 120 Å². The van der Waals surface area contributed by atoms with Gasteiger partial charge in [-0.25, -0.2) is 17.9 Å². The Morgan fingerprint density at radius 2 is 1.94 bits per heavy atom. The largest absolute Gasteiger partial charge is 0.394 e. The number of benzene rings is 1. The molecule has 190 valence electrons. The van der Waals surface area contributed by atoms with Crippen molar-refractivity contribution >= 4 is 27.1 Å². The van der Waals surface area contributed by atoms with E-state index in [4.69, 9.17) is 0 Å². The zero-order valence-electron chi connectivity index (χ0n) is 20.0. The summed E-state index contributed by atoms with van der Waals surface area (Å²) in [6.07, 6.45) is 7.50. The first-order valence-electron chi connectivity index (χ1n) is 12.1. The molecule has 2 N–H and O–H groups in total. The van der Waals surface area contributed by atoms with Crippen LogP contribution in [0.3, 0.4) is 0 Å². The number of carbonyl (C=O) groups excluding carboxylic acids is 1. The number of aliphatic hydroxyl groups excluding tert-OH is 1. The van der Waals surface area contributed by atoms with Crippen molar-refractivity contribution in [2.45, 2.75) is 19.0 Å². The number of aromatic nitrogens is 3. The summed E-state index contributed by atoms with van der Waals surface area (Å²) in [5.41, 5.74) is 3.95. The summed E-state index contributed by atoms with van der Waals surface area (Å²) in [6.45, 7) is 2.55. The van der Waals surface area contributed by atoms with Crippen LogP contribution in [0.4, 0.5) is 5.82 Å². The van der Waals surface area contributed by atoms with Crippen molar-refractivity contribution in [1.29, 1.82) is 0 Å². The molecule has 3 aromatic rings. The first-order valence-corrected chi connectivity index (χ1v) is 13.9. The lowest BCUT2D eigenvalue weighted by molar-refractivity contribution is -0.126. The first kappa shape index (κ1) is 24.4. The fourth-order valence-electron chi connectivity index (χ4n) is 4.79. The van der Waals surface area contributed by atoms with Crippen molar-refractivity contribution in [3.05, 3.63) is 71.7 Å². The molecule has 2 aromatic heterocycles. The number of anilines is 1. The van der Waals surface area contributed by atoms with Gasteiger partial charge in [-0.05, 0) is 23.1 Å². The average Bonchev–Trinajstić information content (AvgIpc) is 3.27. The lowest BCUT2D eigenvalue weighted by Crippen LogP contribution is -2.40. The van der Waals surface area contributed by atoms with Gasteiger partial charge < -0.3 is 15.3 Å². The normalized spacial score (nSPS) is 18.9. The van der Waals surface area contributed by atoms with E-state index < -0.39 is 9.84 Å². The molecule has 1 saturated heterocycles. The van der Waals surface area contributed by atoms with Crippen molar-refractivity contribution in [3.63, 3.8) is 0 Å². The van der Waals surface area contributed by atoms with Crippen LogP contribution in [0.15, 0.2) is 55.0 Å². The second-order valence-corrected chi connectivity index (χ2v) is 11.5. The fraction of sp³-hybridized carbons (Fsp3) is 0.400. The van der Waals surface area contributed by atoms with Crippen molar-refractivity contribution in [2.24, 2.45) is 0 Å². The molecular formula is C25H30N6O4S. The highest BCUT2D eigenvalue weighted by atomic mass is 32.2. The molecule has 5 rings (SSSR count). The molecule has 0 saturated carbocycles. The highest BCUT2D eigenvalue weighted by Gasteiger charge is 2.26. The Morgan fingerprint density at radius 1 is 1.17 bits per heavy atom. The highest BCUT2D eigenvalue weighted by Crippen LogP contribution is 2.30. The van der Waals surface area contributed by atoms with Crippen LogP contribution in [-0.2, 0) is 27.6 Å². The van der Waals surface area contributed by atoms with Gasteiger partial charge in [0.05, 0.1) is 24.2 Å². The third kappa shape index (κ3) is 5.28. The van der Waals surface area contributed by atoms with Crippen molar-refractivity contribution in [3.8, 4) is 0 Å². The second kappa shape index (κ2) is 10.4. The Balaban J connectivity index is 1.27. The molecule has 0 bridgehead atoms. The monoisotopic (exact) mass is 510 g/mol. The van der Waals surface area contributed by atoms with Crippen molar-refractivity contribution in [2.75, 3.05) is 49.6 Å². The van der Waals surface area contributed by atoms with E-state index in [1.807, 2.05) is 47.5 Å². The van der Waals surface area contributed by atoms with E-state index in [1.165, 1.54) is 6.33 Å². The predicted octanol–water partition coefficient (Wildman–Crippen LogP) is 1.05. The Hall–Kier alpha value is -3.28. The minimum Gasteiger partial charge on any atom is -0.394 e. The molecule has 2 aliphatic heterocycles. The van der Waals surface area contributed by atoms with Crippen LogP contribution in [0.5, 0.6) is 0 Å². The van der Waals surface area contributed by atoms with E-state index in [9.17, 15) is 18.3 Å². The number of sulfone groups is 1. The third-order valence-electron chi connectivity index (χ3n) is 6.83. The van der Waals surface area contributed by atoms with Gasteiger partial charge in [0, 0.05) is 45.0 Å². The van der Waals surface area contributed by atoms with Crippen LogP contribution in [0.25, 0.3) is 5.52 Å².